The van der Waals surface area contributed by atoms with E-state index in [0.29, 0.717) is 17.3 Å². The Morgan fingerprint density at radius 2 is 1.74 bits per heavy atom. The largest absolute Gasteiger partial charge is 0.272 e. The van der Waals surface area contributed by atoms with Crippen molar-refractivity contribution in [2.75, 3.05) is 0 Å². The van der Waals surface area contributed by atoms with Gasteiger partial charge in [-0.25, -0.2) is 5.01 Å². The molecule has 0 aliphatic carbocycles. The lowest BCUT2D eigenvalue weighted by Crippen LogP contribution is -2.34. The average Bonchev–Trinajstić information content (AvgIpc) is 2.95. The topological polar surface area (TPSA) is 80.2 Å². The maximum atomic E-state index is 13.1. The van der Waals surface area contributed by atoms with Crippen LogP contribution in [0, 0.1) is 34.5 Å². The van der Waals surface area contributed by atoms with Crippen molar-refractivity contribution in [1.29, 1.82) is 10.5 Å². The summed E-state index contributed by atoms with van der Waals surface area (Å²) in [6.07, 6.45) is 0. The van der Waals surface area contributed by atoms with Crippen LogP contribution < -0.4 is 0 Å². The number of nitrogens with zero attached hydrogens (tertiary/aromatic N) is 4. The van der Waals surface area contributed by atoms with Gasteiger partial charge in [0.15, 0.2) is 0 Å². The summed E-state index contributed by atoms with van der Waals surface area (Å²) in [7, 11) is 0. The number of halogens is 1. The molecular formula is C21H17ClN4O. The molecule has 0 spiro atoms. The van der Waals surface area contributed by atoms with Gasteiger partial charge in [0.1, 0.15) is 5.92 Å². The molecule has 1 aliphatic heterocycles. The lowest BCUT2D eigenvalue weighted by atomic mass is 9.76. The second-order valence-electron chi connectivity index (χ2n) is 6.41. The van der Waals surface area contributed by atoms with Gasteiger partial charge < -0.3 is 0 Å². The summed E-state index contributed by atoms with van der Waals surface area (Å²) in [5.41, 5.74) is 2.29. The summed E-state index contributed by atoms with van der Waals surface area (Å²) in [5.74, 6) is -2.43. The van der Waals surface area contributed by atoms with E-state index < -0.39 is 17.8 Å². The second-order valence-corrected chi connectivity index (χ2v) is 6.85. The maximum absolute atomic E-state index is 13.1. The van der Waals surface area contributed by atoms with Crippen LogP contribution in [0.3, 0.4) is 0 Å². The first-order valence-corrected chi connectivity index (χ1v) is 8.88. The van der Waals surface area contributed by atoms with Gasteiger partial charge in [0.05, 0.1) is 24.6 Å². The predicted octanol–water partition coefficient (Wildman–Crippen LogP) is 4.12. The average molecular weight is 377 g/mol. The number of hydrogen-bond acceptors (Lipinski definition) is 4. The molecule has 3 rings (SSSR count). The fourth-order valence-electron chi connectivity index (χ4n) is 3.38. The van der Waals surface area contributed by atoms with Crippen molar-refractivity contribution in [2.45, 2.75) is 19.4 Å². The molecule has 2 aromatic rings. The minimum Gasteiger partial charge on any atom is -0.272 e. The standard InChI is InChI=1S/C21H17ClN4O/c1-14-19(21(27)26(25-14)13-15-5-3-2-4-6-15)20(17(11-23)12-24)16-7-9-18(22)10-8-16/h2-10,17,19-20H,13H2,1H3/t19-,20+/m0/s1. The summed E-state index contributed by atoms with van der Waals surface area (Å²) < 4.78 is 0. The zero-order valence-electron chi connectivity index (χ0n) is 14.7. The van der Waals surface area contributed by atoms with Crippen molar-refractivity contribution in [3.63, 3.8) is 0 Å². The highest BCUT2D eigenvalue weighted by molar-refractivity contribution is 6.30. The number of nitriles is 2. The number of amides is 1. The van der Waals surface area contributed by atoms with Gasteiger partial charge in [-0.2, -0.15) is 15.6 Å². The molecule has 6 heteroatoms. The Labute approximate surface area is 163 Å². The monoisotopic (exact) mass is 376 g/mol. The molecule has 0 fully saturated rings. The summed E-state index contributed by atoms with van der Waals surface area (Å²) in [6.45, 7) is 2.12. The van der Waals surface area contributed by atoms with Gasteiger partial charge in [0.2, 0.25) is 0 Å². The quantitative estimate of drug-likeness (QED) is 0.787. The third-order valence-corrected chi connectivity index (χ3v) is 4.93. The van der Waals surface area contributed by atoms with Gasteiger partial charge in [0, 0.05) is 16.7 Å². The molecule has 5 nitrogen and oxygen atoms in total. The highest BCUT2D eigenvalue weighted by Gasteiger charge is 2.43. The number of carbonyl (C=O) groups excluding carboxylic acids is 1. The van der Waals surface area contributed by atoms with Crippen LogP contribution >= 0.6 is 11.6 Å². The molecule has 0 N–H and O–H groups in total. The molecule has 1 heterocycles. The van der Waals surface area contributed by atoms with Crippen LogP contribution in [0.25, 0.3) is 0 Å². The summed E-state index contributed by atoms with van der Waals surface area (Å²) in [6, 6.07) is 20.5. The predicted molar refractivity (Wildman–Crippen MR) is 103 cm³/mol. The Hall–Kier alpha value is -3.15. The number of carbonyl (C=O) groups is 1. The van der Waals surface area contributed by atoms with Crippen molar-refractivity contribution >= 4 is 23.2 Å². The number of benzene rings is 2. The highest BCUT2D eigenvalue weighted by Crippen LogP contribution is 2.37. The van der Waals surface area contributed by atoms with Gasteiger partial charge >= 0.3 is 0 Å². The Kier molecular flexibility index (Phi) is 5.54. The summed E-state index contributed by atoms with van der Waals surface area (Å²) in [4.78, 5) is 13.1. The first kappa shape index (κ1) is 18.6. The molecule has 134 valence electrons. The van der Waals surface area contributed by atoms with E-state index in [1.807, 2.05) is 42.5 Å². The van der Waals surface area contributed by atoms with Gasteiger partial charge in [-0.05, 0) is 30.2 Å². The van der Waals surface area contributed by atoms with Crippen LogP contribution in [0.2, 0.25) is 5.02 Å². The lowest BCUT2D eigenvalue weighted by molar-refractivity contribution is -0.133. The van der Waals surface area contributed by atoms with Crippen LogP contribution in [-0.2, 0) is 11.3 Å². The molecule has 0 saturated carbocycles. The van der Waals surface area contributed by atoms with E-state index in [9.17, 15) is 15.3 Å². The summed E-state index contributed by atoms with van der Waals surface area (Å²) in [5, 5.41) is 25.4. The Bertz CT molecular complexity index is 927. The van der Waals surface area contributed by atoms with Crippen LogP contribution in [0.4, 0.5) is 0 Å². The van der Waals surface area contributed by atoms with Crippen LogP contribution in [0.1, 0.15) is 24.0 Å². The molecule has 0 saturated heterocycles. The first-order valence-electron chi connectivity index (χ1n) is 8.50. The van der Waals surface area contributed by atoms with E-state index in [1.165, 1.54) is 5.01 Å². The Morgan fingerprint density at radius 1 is 1.11 bits per heavy atom. The smallest absolute Gasteiger partial charge is 0.252 e. The van der Waals surface area contributed by atoms with Crippen molar-refractivity contribution < 1.29 is 4.79 Å². The third-order valence-electron chi connectivity index (χ3n) is 4.68. The molecule has 2 aromatic carbocycles. The number of rotatable bonds is 5. The van der Waals surface area contributed by atoms with E-state index in [0.717, 1.165) is 11.1 Å². The van der Waals surface area contributed by atoms with Crippen LogP contribution in [0.5, 0.6) is 0 Å². The molecule has 1 amide bonds. The molecule has 0 radical (unpaired) electrons. The number of hydrogen-bond donors (Lipinski definition) is 0. The third kappa shape index (κ3) is 3.84. The van der Waals surface area contributed by atoms with Crippen molar-refractivity contribution in [2.24, 2.45) is 16.9 Å². The molecule has 0 unspecified atom stereocenters. The van der Waals surface area contributed by atoms with E-state index in [2.05, 4.69) is 5.10 Å². The molecular weight excluding hydrogens is 360 g/mol. The highest BCUT2D eigenvalue weighted by atomic mass is 35.5. The Morgan fingerprint density at radius 3 is 2.33 bits per heavy atom. The minimum atomic E-state index is -0.970. The Balaban J connectivity index is 1.94. The molecule has 0 bridgehead atoms. The minimum absolute atomic E-state index is 0.202. The van der Waals surface area contributed by atoms with E-state index in [-0.39, 0.29) is 5.91 Å². The molecule has 1 aliphatic rings. The lowest BCUT2D eigenvalue weighted by Gasteiger charge is -2.24. The van der Waals surface area contributed by atoms with Crippen LogP contribution in [0.15, 0.2) is 59.7 Å². The molecule has 27 heavy (non-hydrogen) atoms. The number of hydrazone groups is 1. The van der Waals surface area contributed by atoms with Gasteiger partial charge in [-0.3, -0.25) is 4.79 Å². The molecule has 2 atom stereocenters. The van der Waals surface area contributed by atoms with E-state index in [4.69, 9.17) is 11.6 Å². The van der Waals surface area contributed by atoms with Crippen molar-refractivity contribution in [3.05, 3.63) is 70.7 Å². The van der Waals surface area contributed by atoms with Crippen molar-refractivity contribution in [3.8, 4) is 12.1 Å². The van der Waals surface area contributed by atoms with Gasteiger partial charge in [-0.1, -0.05) is 54.1 Å². The van der Waals surface area contributed by atoms with Crippen LogP contribution in [-0.4, -0.2) is 16.6 Å². The van der Waals surface area contributed by atoms with E-state index in [1.54, 1.807) is 31.2 Å². The zero-order valence-corrected chi connectivity index (χ0v) is 15.5. The molecule has 0 aromatic heterocycles. The fourth-order valence-corrected chi connectivity index (χ4v) is 3.50. The normalized spacial score (nSPS) is 17.4. The zero-order chi connectivity index (χ0) is 19.4. The SMILES string of the molecule is CC1=NN(Cc2ccccc2)C(=O)[C@@H]1[C@H](c1ccc(Cl)cc1)C(C#N)C#N. The second kappa shape index (κ2) is 8.03. The van der Waals surface area contributed by atoms with E-state index >= 15 is 0 Å². The summed E-state index contributed by atoms with van der Waals surface area (Å²) >= 11 is 5.97. The fraction of sp³-hybridized carbons (Fsp3) is 0.238. The van der Waals surface area contributed by atoms with Crippen molar-refractivity contribution in [1.82, 2.24) is 5.01 Å². The van der Waals surface area contributed by atoms with Gasteiger partial charge in [0.25, 0.3) is 5.91 Å². The first-order chi connectivity index (χ1) is 13.0. The maximum Gasteiger partial charge on any atom is 0.252 e. The van der Waals surface area contributed by atoms with Gasteiger partial charge in [-0.15, -0.1) is 0 Å².